The molecule has 78 valence electrons. The van der Waals surface area contributed by atoms with Crippen LogP contribution in [0.2, 0.25) is 0 Å². The van der Waals surface area contributed by atoms with E-state index in [1.165, 1.54) is 6.07 Å². The van der Waals surface area contributed by atoms with Crippen molar-refractivity contribution in [3.63, 3.8) is 0 Å². The number of halogens is 1. The molecule has 0 aliphatic rings. The van der Waals surface area contributed by atoms with Crippen molar-refractivity contribution in [3.8, 4) is 11.5 Å². The number of rotatable bonds is 5. The van der Waals surface area contributed by atoms with Crippen LogP contribution in [0, 0.1) is 0 Å². The van der Waals surface area contributed by atoms with Crippen LogP contribution in [-0.2, 0) is 6.42 Å². The van der Waals surface area contributed by atoms with Gasteiger partial charge in [-0.05, 0) is 37.0 Å². The quantitative estimate of drug-likeness (QED) is 0.449. The van der Waals surface area contributed by atoms with Crippen molar-refractivity contribution >= 4 is 11.6 Å². The fraction of sp³-hybridized carbons (Fsp3) is 0.455. The number of alkyl halides is 1. The highest BCUT2D eigenvalue weighted by atomic mass is 35.5. The molecule has 0 amide bonds. The maximum absolute atomic E-state index is 9.23. The van der Waals surface area contributed by atoms with Crippen molar-refractivity contribution < 1.29 is 10.2 Å². The molecule has 3 heteroatoms. The summed E-state index contributed by atoms with van der Waals surface area (Å²) in [4.78, 5) is 0. The van der Waals surface area contributed by atoms with E-state index in [0.717, 1.165) is 31.2 Å². The summed E-state index contributed by atoms with van der Waals surface area (Å²) in [5.74, 6) is 0.607. The molecule has 0 spiro atoms. The van der Waals surface area contributed by atoms with Gasteiger partial charge in [-0.2, -0.15) is 0 Å². The smallest absolute Gasteiger partial charge is 0.157 e. The lowest BCUT2D eigenvalue weighted by molar-refractivity contribution is 0.403. The Morgan fingerprint density at radius 3 is 2.43 bits per heavy atom. The van der Waals surface area contributed by atoms with Gasteiger partial charge in [-0.25, -0.2) is 0 Å². The van der Waals surface area contributed by atoms with Gasteiger partial charge in [0.25, 0.3) is 0 Å². The molecular formula is C11H15ClO2. The molecule has 1 rings (SSSR count). The number of phenolic OH excluding ortho intramolecular Hbond substituents is 2. The van der Waals surface area contributed by atoms with E-state index in [4.69, 9.17) is 16.7 Å². The Labute approximate surface area is 89.1 Å². The Bertz CT molecular complexity index is 287. The fourth-order valence-electron chi connectivity index (χ4n) is 1.32. The summed E-state index contributed by atoms with van der Waals surface area (Å²) in [5, 5.41) is 18.3. The third kappa shape index (κ3) is 3.46. The van der Waals surface area contributed by atoms with Crippen molar-refractivity contribution in [1.82, 2.24) is 0 Å². The minimum Gasteiger partial charge on any atom is -0.504 e. The normalized spacial score (nSPS) is 10.4. The van der Waals surface area contributed by atoms with Crippen molar-refractivity contribution in [2.75, 3.05) is 5.88 Å². The third-order valence-electron chi connectivity index (χ3n) is 2.14. The zero-order valence-electron chi connectivity index (χ0n) is 8.04. The highest BCUT2D eigenvalue weighted by Crippen LogP contribution is 2.25. The average molecular weight is 215 g/mol. The average Bonchev–Trinajstić information content (AvgIpc) is 2.18. The van der Waals surface area contributed by atoms with Crippen LogP contribution >= 0.6 is 11.6 Å². The second kappa shape index (κ2) is 5.76. The number of aromatic hydroxyl groups is 2. The van der Waals surface area contributed by atoms with Crippen molar-refractivity contribution in [2.45, 2.75) is 25.7 Å². The molecule has 0 saturated heterocycles. The van der Waals surface area contributed by atoms with E-state index in [2.05, 4.69) is 0 Å². The van der Waals surface area contributed by atoms with Gasteiger partial charge in [-0.1, -0.05) is 12.5 Å². The number of aryl methyl sites for hydroxylation is 1. The number of benzene rings is 1. The Morgan fingerprint density at radius 2 is 1.79 bits per heavy atom. The van der Waals surface area contributed by atoms with Gasteiger partial charge in [0.1, 0.15) is 0 Å². The van der Waals surface area contributed by atoms with Crippen LogP contribution in [0.4, 0.5) is 0 Å². The third-order valence-corrected chi connectivity index (χ3v) is 2.41. The minimum atomic E-state index is -0.0606. The molecule has 0 atom stereocenters. The zero-order valence-corrected chi connectivity index (χ0v) is 8.80. The lowest BCUT2D eigenvalue weighted by Gasteiger charge is -2.02. The summed E-state index contributed by atoms with van der Waals surface area (Å²) >= 11 is 5.56. The van der Waals surface area contributed by atoms with Crippen LogP contribution in [0.15, 0.2) is 18.2 Å². The predicted octanol–water partition coefficient (Wildman–Crippen LogP) is 3.05. The summed E-state index contributed by atoms with van der Waals surface area (Å²) < 4.78 is 0. The van der Waals surface area contributed by atoms with Crippen molar-refractivity contribution in [2.24, 2.45) is 0 Å². The molecule has 0 radical (unpaired) electrons. The van der Waals surface area contributed by atoms with E-state index in [-0.39, 0.29) is 11.5 Å². The first-order chi connectivity index (χ1) is 6.74. The van der Waals surface area contributed by atoms with Gasteiger partial charge in [0.15, 0.2) is 11.5 Å². The largest absolute Gasteiger partial charge is 0.504 e. The first kappa shape index (κ1) is 11.2. The predicted molar refractivity (Wildman–Crippen MR) is 58.0 cm³/mol. The molecule has 0 saturated carbocycles. The van der Waals surface area contributed by atoms with Crippen LogP contribution < -0.4 is 0 Å². The Morgan fingerprint density at radius 1 is 1.00 bits per heavy atom. The molecule has 2 nitrogen and oxygen atoms in total. The molecule has 0 bridgehead atoms. The summed E-state index contributed by atoms with van der Waals surface area (Å²) in [6.45, 7) is 0. The summed E-state index contributed by atoms with van der Waals surface area (Å²) in [6, 6.07) is 4.96. The SMILES string of the molecule is Oc1ccc(CCCCCCl)cc1O. The molecule has 0 heterocycles. The standard InChI is InChI=1S/C11H15ClO2/c12-7-3-1-2-4-9-5-6-10(13)11(14)8-9/h5-6,8,13-14H,1-4,7H2. The van der Waals surface area contributed by atoms with Crippen molar-refractivity contribution in [1.29, 1.82) is 0 Å². The molecule has 0 aromatic heterocycles. The molecule has 2 N–H and O–H groups in total. The Kier molecular flexibility index (Phi) is 4.60. The van der Waals surface area contributed by atoms with Gasteiger partial charge in [0.05, 0.1) is 0 Å². The lowest BCUT2D eigenvalue weighted by Crippen LogP contribution is -1.86. The molecule has 1 aromatic rings. The van der Waals surface area contributed by atoms with Gasteiger partial charge >= 0.3 is 0 Å². The first-order valence-corrected chi connectivity index (χ1v) is 5.34. The second-order valence-corrected chi connectivity index (χ2v) is 3.70. The van der Waals surface area contributed by atoms with E-state index < -0.39 is 0 Å². The van der Waals surface area contributed by atoms with Crippen LogP contribution in [0.1, 0.15) is 24.8 Å². The Balaban J connectivity index is 2.39. The molecule has 0 unspecified atom stereocenters. The van der Waals surface area contributed by atoms with E-state index in [9.17, 15) is 5.11 Å². The number of hydrogen-bond donors (Lipinski definition) is 2. The van der Waals surface area contributed by atoms with Gasteiger partial charge < -0.3 is 10.2 Å². The van der Waals surface area contributed by atoms with E-state index in [1.54, 1.807) is 6.07 Å². The summed E-state index contributed by atoms with van der Waals surface area (Å²) in [7, 11) is 0. The van der Waals surface area contributed by atoms with Gasteiger partial charge in [-0.3, -0.25) is 0 Å². The Hall–Kier alpha value is -0.890. The summed E-state index contributed by atoms with van der Waals surface area (Å²) in [6.07, 6.45) is 4.12. The van der Waals surface area contributed by atoms with E-state index >= 15 is 0 Å². The van der Waals surface area contributed by atoms with Gasteiger partial charge in [0.2, 0.25) is 0 Å². The molecule has 14 heavy (non-hydrogen) atoms. The molecule has 0 aliphatic carbocycles. The van der Waals surface area contributed by atoms with Crippen molar-refractivity contribution in [3.05, 3.63) is 23.8 Å². The first-order valence-electron chi connectivity index (χ1n) is 4.81. The zero-order chi connectivity index (χ0) is 10.4. The monoisotopic (exact) mass is 214 g/mol. The maximum Gasteiger partial charge on any atom is 0.157 e. The van der Waals surface area contributed by atoms with Gasteiger partial charge in [-0.15, -0.1) is 11.6 Å². The van der Waals surface area contributed by atoms with E-state index in [1.807, 2.05) is 6.07 Å². The van der Waals surface area contributed by atoms with Crippen LogP contribution in [0.25, 0.3) is 0 Å². The van der Waals surface area contributed by atoms with Crippen LogP contribution in [0.5, 0.6) is 11.5 Å². The number of unbranched alkanes of at least 4 members (excludes halogenated alkanes) is 2. The maximum atomic E-state index is 9.23. The highest BCUT2D eigenvalue weighted by Gasteiger charge is 2.00. The second-order valence-electron chi connectivity index (χ2n) is 3.32. The molecule has 1 aromatic carbocycles. The van der Waals surface area contributed by atoms with Gasteiger partial charge in [0, 0.05) is 5.88 Å². The topological polar surface area (TPSA) is 40.5 Å². The highest BCUT2D eigenvalue weighted by molar-refractivity contribution is 6.17. The molecule has 0 aliphatic heterocycles. The minimum absolute atomic E-state index is 0.0418. The van der Waals surface area contributed by atoms with E-state index in [0.29, 0.717) is 5.88 Å². The van der Waals surface area contributed by atoms with Crippen LogP contribution in [0.3, 0.4) is 0 Å². The van der Waals surface area contributed by atoms with Crippen LogP contribution in [-0.4, -0.2) is 16.1 Å². The lowest BCUT2D eigenvalue weighted by atomic mass is 10.1. The molecule has 0 fully saturated rings. The number of phenols is 2. The fourth-order valence-corrected chi connectivity index (χ4v) is 1.51. The number of hydrogen-bond acceptors (Lipinski definition) is 2. The molecular weight excluding hydrogens is 200 g/mol. The summed E-state index contributed by atoms with van der Waals surface area (Å²) in [5.41, 5.74) is 1.05.